The van der Waals surface area contributed by atoms with Crippen LogP contribution in [0.1, 0.15) is 39.0 Å². The van der Waals surface area contributed by atoms with Crippen molar-refractivity contribution in [2.45, 2.75) is 51.1 Å². The Morgan fingerprint density at radius 2 is 1.75 bits per heavy atom. The van der Waals surface area contributed by atoms with Gasteiger partial charge in [-0.3, -0.25) is 4.90 Å². The highest BCUT2D eigenvalue weighted by Gasteiger charge is 2.20. The maximum Gasteiger partial charge on any atom is 0.0112 e. The van der Waals surface area contributed by atoms with E-state index in [4.69, 9.17) is 5.73 Å². The van der Waals surface area contributed by atoms with E-state index >= 15 is 0 Å². The first kappa shape index (κ1) is 12.3. The van der Waals surface area contributed by atoms with E-state index in [2.05, 4.69) is 16.7 Å². The third-order valence-corrected chi connectivity index (χ3v) is 4.28. The molecule has 3 nitrogen and oxygen atoms in total. The summed E-state index contributed by atoms with van der Waals surface area (Å²) in [5.41, 5.74) is 5.92. The van der Waals surface area contributed by atoms with Crippen LogP contribution in [-0.4, -0.2) is 54.6 Å². The minimum absolute atomic E-state index is 0.463. The zero-order valence-corrected chi connectivity index (χ0v) is 10.7. The first-order chi connectivity index (χ1) is 7.75. The summed E-state index contributed by atoms with van der Waals surface area (Å²) in [6.07, 6.45) is 6.60. The number of nitrogens with zero attached hydrogens (tertiary/aromatic N) is 2. The second-order valence-electron chi connectivity index (χ2n) is 5.56. The normalized spacial score (nSPS) is 30.8. The highest BCUT2D eigenvalue weighted by molar-refractivity contribution is 4.77. The van der Waals surface area contributed by atoms with Gasteiger partial charge in [0.15, 0.2) is 0 Å². The molecule has 0 unspecified atom stereocenters. The molecule has 2 N–H and O–H groups in total. The second-order valence-corrected chi connectivity index (χ2v) is 5.56. The van der Waals surface area contributed by atoms with Crippen molar-refractivity contribution >= 4 is 0 Å². The molecule has 0 aromatic heterocycles. The van der Waals surface area contributed by atoms with Crippen molar-refractivity contribution in [3.63, 3.8) is 0 Å². The third-order valence-electron chi connectivity index (χ3n) is 4.28. The highest BCUT2D eigenvalue weighted by Crippen LogP contribution is 2.16. The van der Waals surface area contributed by atoms with E-state index < -0.39 is 0 Å². The van der Waals surface area contributed by atoms with Gasteiger partial charge in [-0.05, 0) is 52.2 Å². The van der Waals surface area contributed by atoms with Gasteiger partial charge < -0.3 is 10.6 Å². The molecule has 0 amide bonds. The molecular formula is C13H27N3. The average molecular weight is 225 g/mol. The summed E-state index contributed by atoms with van der Waals surface area (Å²) in [7, 11) is 0. The maximum atomic E-state index is 5.92. The van der Waals surface area contributed by atoms with E-state index in [9.17, 15) is 0 Å². The van der Waals surface area contributed by atoms with Gasteiger partial charge in [0, 0.05) is 25.2 Å². The highest BCUT2D eigenvalue weighted by atomic mass is 15.2. The number of rotatable bonds is 3. The molecule has 3 heteroatoms. The first-order valence-corrected chi connectivity index (χ1v) is 6.97. The zero-order chi connectivity index (χ0) is 11.4. The monoisotopic (exact) mass is 225 g/mol. The van der Waals surface area contributed by atoms with Crippen molar-refractivity contribution in [3.8, 4) is 0 Å². The maximum absolute atomic E-state index is 5.92. The van der Waals surface area contributed by atoms with E-state index in [-0.39, 0.29) is 0 Å². The Labute approximate surface area is 100.0 Å². The van der Waals surface area contributed by atoms with Crippen molar-refractivity contribution in [1.29, 1.82) is 0 Å². The Morgan fingerprint density at radius 1 is 1.00 bits per heavy atom. The lowest BCUT2D eigenvalue weighted by molar-refractivity contribution is 0.124. The topological polar surface area (TPSA) is 32.5 Å². The number of hydrogen-bond acceptors (Lipinski definition) is 3. The number of hydrogen-bond donors (Lipinski definition) is 1. The fourth-order valence-corrected chi connectivity index (χ4v) is 2.94. The second kappa shape index (κ2) is 5.99. The Bertz CT molecular complexity index is 199. The van der Waals surface area contributed by atoms with Crippen molar-refractivity contribution in [1.82, 2.24) is 9.80 Å². The van der Waals surface area contributed by atoms with Crippen LogP contribution in [0.3, 0.4) is 0 Å². The number of nitrogens with two attached hydrogens (primary N) is 1. The standard InChI is InChI=1S/C13H27N3/c1-12-4-2-3-7-16(12)11-10-15-8-5-13(14)6-9-15/h12-13H,2-11,14H2,1H3/t12-/m0/s1. The van der Waals surface area contributed by atoms with Gasteiger partial charge in [0.2, 0.25) is 0 Å². The quantitative estimate of drug-likeness (QED) is 0.785. The summed E-state index contributed by atoms with van der Waals surface area (Å²) >= 11 is 0. The van der Waals surface area contributed by atoms with Crippen LogP contribution < -0.4 is 5.73 Å². The van der Waals surface area contributed by atoms with E-state index in [1.54, 1.807) is 0 Å². The van der Waals surface area contributed by atoms with Crippen molar-refractivity contribution in [2.24, 2.45) is 5.73 Å². The lowest BCUT2D eigenvalue weighted by atomic mass is 10.0. The molecule has 0 aliphatic carbocycles. The molecule has 2 fully saturated rings. The van der Waals surface area contributed by atoms with Crippen LogP contribution in [0.5, 0.6) is 0 Å². The van der Waals surface area contributed by atoms with Crippen LogP contribution in [0.15, 0.2) is 0 Å². The molecule has 2 saturated heterocycles. The Morgan fingerprint density at radius 3 is 2.44 bits per heavy atom. The Hall–Kier alpha value is -0.120. The van der Waals surface area contributed by atoms with Gasteiger partial charge >= 0.3 is 0 Å². The van der Waals surface area contributed by atoms with Crippen molar-refractivity contribution in [2.75, 3.05) is 32.7 Å². The molecule has 0 aromatic rings. The SMILES string of the molecule is C[C@H]1CCCCN1CCN1CCC(N)CC1. The third kappa shape index (κ3) is 3.44. The first-order valence-electron chi connectivity index (χ1n) is 6.97. The van der Waals surface area contributed by atoms with Crippen LogP contribution in [0.4, 0.5) is 0 Å². The van der Waals surface area contributed by atoms with E-state index in [0.29, 0.717) is 6.04 Å². The molecule has 0 radical (unpaired) electrons. The average Bonchev–Trinajstić information content (AvgIpc) is 2.30. The minimum atomic E-state index is 0.463. The van der Waals surface area contributed by atoms with E-state index in [1.165, 1.54) is 64.8 Å². The summed E-state index contributed by atoms with van der Waals surface area (Å²) in [4.78, 5) is 5.25. The lowest BCUT2D eigenvalue weighted by Gasteiger charge is -2.36. The van der Waals surface area contributed by atoms with E-state index in [1.807, 2.05) is 0 Å². The Kier molecular flexibility index (Phi) is 4.62. The molecule has 2 rings (SSSR count). The summed E-state index contributed by atoms with van der Waals surface area (Å²) in [5.74, 6) is 0. The minimum Gasteiger partial charge on any atom is -0.328 e. The predicted molar refractivity (Wildman–Crippen MR) is 68.5 cm³/mol. The molecule has 16 heavy (non-hydrogen) atoms. The molecule has 0 bridgehead atoms. The summed E-state index contributed by atoms with van der Waals surface area (Å²) < 4.78 is 0. The predicted octanol–water partition coefficient (Wildman–Crippen LogP) is 1.28. The molecule has 2 aliphatic heterocycles. The van der Waals surface area contributed by atoms with Crippen LogP contribution in [0.25, 0.3) is 0 Å². The smallest absolute Gasteiger partial charge is 0.0112 e. The van der Waals surface area contributed by atoms with Gasteiger partial charge in [0.1, 0.15) is 0 Å². The zero-order valence-electron chi connectivity index (χ0n) is 10.7. The van der Waals surface area contributed by atoms with Gasteiger partial charge in [-0.2, -0.15) is 0 Å². The van der Waals surface area contributed by atoms with Crippen LogP contribution in [-0.2, 0) is 0 Å². The summed E-state index contributed by atoms with van der Waals surface area (Å²) in [6.45, 7) is 8.63. The molecule has 2 heterocycles. The lowest BCUT2D eigenvalue weighted by Crippen LogP contribution is -2.46. The fraction of sp³-hybridized carbons (Fsp3) is 1.00. The largest absolute Gasteiger partial charge is 0.328 e. The van der Waals surface area contributed by atoms with Gasteiger partial charge in [0.05, 0.1) is 0 Å². The molecule has 0 saturated carbocycles. The van der Waals surface area contributed by atoms with Crippen molar-refractivity contribution in [3.05, 3.63) is 0 Å². The Balaban J connectivity index is 1.66. The number of piperidine rings is 2. The van der Waals surface area contributed by atoms with Gasteiger partial charge in [-0.15, -0.1) is 0 Å². The van der Waals surface area contributed by atoms with Crippen LogP contribution in [0.2, 0.25) is 0 Å². The van der Waals surface area contributed by atoms with Crippen LogP contribution >= 0.6 is 0 Å². The molecule has 94 valence electrons. The summed E-state index contributed by atoms with van der Waals surface area (Å²) in [5, 5.41) is 0. The molecule has 1 atom stereocenters. The van der Waals surface area contributed by atoms with Gasteiger partial charge in [-0.1, -0.05) is 6.42 Å². The molecular weight excluding hydrogens is 198 g/mol. The molecule has 0 aromatic carbocycles. The van der Waals surface area contributed by atoms with E-state index in [0.717, 1.165) is 6.04 Å². The number of likely N-dealkylation sites (tertiary alicyclic amines) is 2. The van der Waals surface area contributed by atoms with Crippen molar-refractivity contribution < 1.29 is 0 Å². The summed E-state index contributed by atoms with van der Waals surface area (Å²) in [6, 6.07) is 1.27. The molecule has 2 aliphatic rings. The fourth-order valence-electron chi connectivity index (χ4n) is 2.94. The van der Waals surface area contributed by atoms with Crippen LogP contribution in [0, 0.1) is 0 Å². The van der Waals surface area contributed by atoms with Gasteiger partial charge in [0.25, 0.3) is 0 Å². The molecule has 0 spiro atoms. The van der Waals surface area contributed by atoms with Gasteiger partial charge in [-0.25, -0.2) is 0 Å².